The molecule has 7 heteroatoms. The molecule has 4 rings (SSSR count). The number of aromatic nitrogens is 2. The van der Waals surface area contributed by atoms with Crippen molar-refractivity contribution in [2.24, 2.45) is 0 Å². The lowest BCUT2D eigenvalue weighted by atomic mass is 10.1. The summed E-state index contributed by atoms with van der Waals surface area (Å²) in [6.45, 7) is 2.77. The first kappa shape index (κ1) is 15.9. The number of para-hydroxylation sites is 1. The van der Waals surface area contributed by atoms with Crippen LogP contribution in [0, 0.1) is 0 Å². The highest BCUT2D eigenvalue weighted by Gasteiger charge is 2.27. The van der Waals surface area contributed by atoms with Gasteiger partial charge in [-0.15, -0.1) is 0 Å². The van der Waals surface area contributed by atoms with Gasteiger partial charge in [0.05, 0.1) is 18.0 Å². The highest BCUT2D eigenvalue weighted by atomic mass is 16.3. The third-order valence-electron chi connectivity index (χ3n) is 4.53. The lowest BCUT2D eigenvalue weighted by molar-refractivity contribution is 0.0663. The van der Waals surface area contributed by atoms with E-state index < -0.39 is 6.10 Å². The number of hydrogen-bond acceptors (Lipinski definition) is 5. The quantitative estimate of drug-likeness (QED) is 0.754. The Bertz CT molecular complexity index is 858. The molecule has 130 valence electrons. The first-order chi connectivity index (χ1) is 12.2. The van der Waals surface area contributed by atoms with Crippen molar-refractivity contribution >= 4 is 16.9 Å². The van der Waals surface area contributed by atoms with Crippen molar-refractivity contribution in [3.8, 4) is 0 Å². The van der Waals surface area contributed by atoms with Crippen molar-refractivity contribution in [2.45, 2.75) is 12.6 Å². The first-order valence-electron chi connectivity index (χ1n) is 8.34. The monoisotopic (exact) mass is 340 g/mol. The molecule has 2 N–H and O–H groups in total. The summed E-state index contributed by atoms with van der Waals surface area (Å²) in [5, 5.41) is 11.1. The number of rotatable bonds is 3. The van der Waals surface area contributed by atoms with Crippen LogP contribution < -0.4 is 0 Å². The zero-order valence-corrected chi connectivity index (χ0v) is 13.8. The van der Waals surface area contributed by atoms with Crippen LogP contribution in [-0.2, 0) is 6.54 Å². The molecule has 0 unspecified atom stereocenters. The average molecular weight is 340 g/mol. The number of carbonyl (C=O) groups is 1. The van der Waals surface area contributed by atoms with E-state index in [2.05, 4.69) is 14.9 Å². The Morgan fingerprint density at radius 2 is 2.20 bits per heavy atom. The van der Waals surface area contributed by atoms with Crippen LogP contribution in [0.5, 0.6) is 0 Å². The van der Waals surface area contributed by atoms with E-state index in [0.717, 1.165) is 11.1 Å². The maximum Gasteiger partial charge on any atom is 0.257 e. The van der Waals surface area contributed by atoms with Gasteiger partial charge in [0, 0.05) is 50.0 Å². The topological polar surface area (TPSA) is 85.6 Å². The van der Waals surface area contributed by atoms with Gasteiger partial charge in [0.1, 0.15) is 11.8 Å². The van der Waals surface area contributed by atoms with E-state index in [1.807, 2.05) is 24.3 Å². The maximum absolute atomic E-state index is 12.9. The van der Waals surface area contributed by atoms with Gasteiger partial charge in [-0.05, 0) is 6.07 Å². The number of aliphatic hydroxyl groups is 1. The number of hydrogen-bond donors (Lipinski definition) is 2. The smallest absolute Gasteiger partial charge is 0.257 e. The van der Waals surface area contributed by atoms with E-state index in [4.69, 9.17) is 4.42 Å². The van der Waals surface area contributed by atoms with Gasteiger partial charge in [0.25, 0.3) is 5.91 Å². The van der Waals surface area contributed by atoms with Gasteiger partial charge >= 0.3 is 0 Å². The number of amides is 1. The van der Waals surface area contributed by atoms with Gasteiger partial charge in [-0.25, -0.2) is 4.98 Å². The molecule has 0 saturated carbocycles. The number of imidazole rings is 1. The molecule has 3 heterocycles. The lowest BCUT2D eigenvalue weighted by Crippen LogP contribution is -2.37. The highest BCUT2D eigenvalue weighted by molar-refractivity contribution is 6.05. The Morgan fingerprint density at radius 3 is 3.04 bits per heavy atom. The molecule has 7 nitrogen and oxygen atoms in total. The number of nitrogens with one attached hydrogen (secondary N) is 1. The Balaban J connectivity index is 1.50. The molecule has 1 fully saturated rings. The number of fused-ring (bicyclic) bond motifs is 1. The second-order valence-electron chi connectivity index (χ2n) is 6.36. The van der Waals surface area contributed by atoms with Gasteiger partial charge in [0.2, 0.25) is 0 Å². The predicted molar refractivity (Wildman–Crippen MR) is 92.0 cm³/mol. The summed E-state index contributed by atoms with van der Waals surface area (Å²) in [6, 6.07) is 7.49. The molecule has 0 spiro atoms. The molecule has 2 aromatic heterocycles. The summed E-state index contributed by atoms with van der Waals surface area (Å²) >= 11 is 0. The van der Waals surface area contributed by atoms with Crippen LogP contribution in [0.15, 0.2) is 47.5 Å². The minimum Gasteiger partial charge on any atom is -0.463 e. The highest BCUT2D eigenvalue weighted by Crippen LogP contribution is 2.22. The number of β-amino-alcohol motifs (C(OH)–C–C–N with tert-alkyl or cyclic N) is 1. The van der Waals surface area contributed by atoms with E-state index >= 15 is 0 Å². The fourth-order valence-corrected chi connectivity index (χ4v) is 3.31. The Kier molecular flexibility index (Phi) is 4.25. The molecule has 1 aromatic carbocycles. The minimum absolute atomic E-state index is 0.104. The minimum atomic E-state index is -0.590. The molecule has 1 atom stereocenters. The molecule has 0 radical (unpaired) electrons. The van der Waals surface area contributed by atoms with Crippen LogP contribution in [0.2, 0.25) is 0 Å². The Hall–Kier alpha value is -2.64. The molecule has 0 bridgehead atoms. The predicted octanol–water partition coefficient (Wildman–Crippen LogP) is 1.47. The molecule has 0 aliphatic carbocycles. The molecule has 1 saturated heterocycles. The molecular weight excluding hydrogens is 320 g/mol. The van der Waals surface area contributed by atoms with E-state index in [-0.39, 0.29) is 5.91 Å². The summed E-state index contributed by atoms with van der Waals surface area (Å²) in [7, 11) is 0. The fourth-order valence-electron chi connectivity index (χ4n) is 3.31. The number of nitrogens with zero attached hydrogens (tertiary/aromatic N) is 3. The number of furan rings is 1. The molecule has 1 aliphatic heterocycles. The van der Waals surface area contributed by atoms with Crippen LogP contribution in [0.4, 0.5) is 0 Å². The number of carbonyl (C=O) groups excluding carboxylic acids is 1. The summed E-state index contributed by atoms with van der Waals surface area (Å²) < 4.78 is 5.48. The maximum atomic E-state index is 12.9. The summed E-state index contributed by atoms with van der Waals surface area (Å²) in [6.07, 6.45) is 4.33. The van der Waals surface area contributed by atoms with Crippen molar-refractivity contribution in [3.63, 3.8) is 0 Å². The van der Waals surface area contributed by atoms with E-state index in [0.29, 0.717) is 43.9 Å². The van der Waals surface area contributed by atoms with E-state index in [1.54, 1.807) is 17.4 Å². The number of benzene rings is 1. The molecule has 25 heavy (non-hydrogen) atoms. The molecule has 1 aliphatic rings. The van der Waals surface area contributed by atoms with Crippen molar-refractivity contribution < 1.29 is 14.3 Å². The third kappa shape index (κ3) is 3.29. The summed E-state index contributed by atoms with van der Waals surface area (Å²) in [5.41, 5.74) is 2.24. The SMILES string of the molecule is O=C(c1coc2ccccc12)N1CCN(Cc2cnc[nH]2)C[C@@H](O)C1. The van der Waals surface area contributed by atoms with Gasteiger partial charge < -0.3 is 19.4 Å². The normalized spacial score (nSPS) is 19.2. The second-order valence-corrected chi connectivity index (χ2v) is 6.36. The van der Waals surface area contributed by atoms with Gasteiger partial charge in [-0.3, -0.25) is 9.69 Å². The van der Waals surface area contributed by atoms with Crippen LogP contribution >= 0.6 is 0 Å². The summed E-state index contributed by atoms with van der Waals surface area (Å²) in [5.74, 6) is -0.104. The van der Waals surface area contributed by atoms with Gasteiger partial charge in [-0.1, -0.05) is 18.2 Å². The number of H-pyrrole nitrogens is 1. The molecule has 3 aromatic rings. The van der Waals surface area contributed by atoms with Crippen LogP contribution in [-0.4, -0.2) is 63.1 Å². The van der Waals surface area contributed by atoms with Crippen molar-refractivity contribution in [3.05, 3.63) is 54.3 Å². The Morgan fingerprint density at radius 1 is 1.32 bits per heavy atom. The zero-order valence-electron chi connectivity index (χ0n) is 13.8. The van der Waals surface area contributed by atoms with Gasteiger partial charge in [-0.2, -0.15) is 0 Å². The largest absolute Gasteiger partial charge is 0.463 e. The Labute approximate surface area is 144 Å². The first-order valence-corrected chi connectivity index (χ1v) is 8.34. The number of aromatic amines is 1. The average Bonchev–Trinajstić information content (AvgIpc) is 3.23. The zero-order chi connectivity index (χ0) is 17.2. The standard InChI is InChI=1S/C18H20N4O3/c23-14-9-21(8-13-7-19-12-20-13)5-6-22(10-14)18(24)16-11-25-17-4-2-1-3-15(16)17/h1-4,7,11-12,14,23H,5-6,8-10H2,(H,19,20)/t14-/m1/s1. The number of aliphatic hydroxyl groups excluding tert-OH is 1. The van der Waals surface area contributed by atoms with Crippen molar-refractivity contribution in [2.75, 3.05) is 26.2 Å². The van der Waals surface area contributed by atoms with E-state index in [9.17, 15) is 9.90 Å². The summed E-state index contributed by atoms with van der Waals surface area (Å²) in [4.78, 5) is 23.8. The van der Waals surface area contributed by atoms with Crippen molar-refractivity contribution in [1.29, 1.82) is 0 Å². The fraction of sp³-hybridized carbons (Fsp3) is 0.333. The van der Waals surface area contributed by atoms with Crippen molar-refractivity contribution in [1.82, 2.24) is 19.8 Å². The van der Waals surface area contributed by atoms with Crippen LogP contribution in [0.3, 0.4) is 0 Å². The molecular formula is C18H20N4O3. The molecule has 1 amide bonds. The third-order valence-corrected chi connectivity index (χ3v) is 4.53. The second kappa shape index (κ2) is 6.70. The van der Waals surface area contributed by atoms with Gasteiger partial charge in [0.15, 0.2) is 0 Å². The van der Waals surface area contributed by atoms with Crippen LogP contribution in [0.1, 0.15) is 16.1 Å². The van der Waals surface area contributed by atoms with E-state index in [1.165, 1.54) is 6.26 Å². The lowest BCUT2D eigenvalue weighted by Gasteiger charge is -2.21. The van der Waals surface area contributed by atoms with Crippen LogP contribution in [0.25, 0.3) is 11.0 Å².